The number of halogens is 1. The molecule has 0 aromatic carbocycles. The quantitative estimate of drug-likeness (QED) is 0.944. The Balaban J connectivity index is 1.66. The molecule has 2 aromatic heterocycles. The summed E-state index contributed by atoms with van der Waals surface area (Å²) in [7, 11) is 0. The van der Waals surface area contributed by atoms with E-state index in [1.54, 1.807) is 23.6 Å². The molecule has 1 aliphatic rings. The van der Waals surface area contributed by atoms with Crippen LogP contribution in [-0.4, -0.2) is 10.9 Å². The van der Waals surface area contributed by atoms with Gasteiger partial charge >= 0.3 is 0 Å². The molecule has 0 spiro atoms. The van der Waals surface area contributed by atoms with Crippen molar-refractivity contribution in [3.8, 4) is 0 Å². The van der Waals surface area contributed by atoms with E-state index < -0.39 is 0 Å². The fraction of sp³-hybridized carbons (Fsp3) is 0.286. The molecular weight excluding hydrogens is 280 g/mol. The van der Waals surface area contributed by atoms with E-state index in [0.29, 0.717) is 17.1 Å². The van der Waals surface area contributed by atoms with Crippen molar-refractivity contribution >= 4 is 28.8 Å². The van der Waals surface area contributed by atoms with Gasteiger partial charge in [0.2, 0.25) is 0 Å². The molecule has 0 saturated heterocycles. The second kappa shape index (κ2) is 5.31. The molecule has 98 valence electrons. The zero-order chi connectivity index (χ0) is 13.2. The van der Waals surface area contributed by atoms with Crippen LogP contribution < -0.4 is 5.32 Å². The van der Waals surface area contributed by atoms with Crippen molar-refractivity contribution in [3.63, 3.8) is 0 Å². The molecule has 3 rings (SSSR count). The van der Waals surface area contributed by atoms with Crippen LogP contribution in [0.5, 0.6) is 0 Å². The van der Waals surface area contributed by atoms with Crippen molar-refractivity contribution in [3.05, 3.63) is 50.4 Å². The number of nitrogens with one attached hydrogen (secondary N) is 1. The average molecular weight is 293 g/mol. The molecule has 0 radical (unpaired) electrons. The van der Waals surface area contributed by atoms with Gasteiger partial charge in [0.15, 0.2) is 0 Å². The van der Waals surface area contributed by atoms with Crippen LogP contribution >= 0.6 is 22.9 Å². The average Bonchev–Trinajstić information content (AvgIpc) is 2.97. The molecule has 1 aliphatic carbocycles. The fourth-order valence-electron chi connectivity index (χ4n) is 2.28. The van der Waals surface area contributed by atoms with Crippen LogP contribution in [0, 0.1) is 0 Å². The summed E-state index contributed by atoms with van der Waals surface area (Å²) in [6, 6.07) is 3.83. The SMILES string of the molecule is O=C(NCc1cc2c(s1)CCC2)c1cnccc1Cl. The first-order valence-electron chi connectivity index (χ1n) is 6.22. The molecular formula is C14H13ClN2OS. The Hall–Kier alpha value is -1.39. The number of hydrogen-bond acceptors (Lipinski definition) is 3. The van der Waals surface area contributed by atoms with Crippen LogP contribution in [0.1, 0.15) is 32.1 Å². The molecule has 0 fully saturated rings. The predicted molar refractivity (Wildman–Crippen MR) is 76.8 cm³/mol. The van der Waals surface area contributed by atoms with Crippen LogP contribution in [0.3, 0.4) is 0 Å². The topological polar surface area (TPSA) is 42.0 Å². The van der Waals surface area contributed by atoms with Gasteiger partial charge in [0.1, 0.15) is 0 Å². The third kappa shape index (κ3) is 2.65. The molecule has 0 bridgehead atoms. The van der Waals surface area contributed by atoms with Gasteiger partial charge in [0.25, 0.3) is 5.91 Å². The minimum Gasteiger partial charge on any atom is -0.347 e. The number of carbonyl (C=O) groups excluding carboxylic acids is 1. The number of hydrogen-bond donors (Lipinski definition) is 1. The molecule has 1 N–H and O–H groups in total. The smallest absolute Gasteiger partial charge is 0.254 e. The summed E-state index contributed by atoms with van der Waals surface area (Å²) in [5.74, 6) is -0.174. The summed E-state index contributed by atoms with van der Waals surface area (Å²) in [6.45, 7) is 0.557. The molecule has 0 saturated carbocycles. The summed E-state index contributed by atoms with van der Waals surface area (Å²) < 4.78 is 0. The molecule has 5 heteroatoms. The van der Waals surface area contributed by atoms with Gasteiger partial charge < -0.3 is 5.32 Å². The lowest BCUT2D eigenvalue weighted by Gasteiger charge is -2.04. The van der Waals surface area contributed by atoms with Crippen molar-refractivity contribution in [1.29, 1.82) is 0 Å². The standard InChI is InChI=1S/C14H13ClN2OS/c15-12-4-5-16-8-11(12)14(18)17-7-10-6-9-2-1-3-13(9)19-10/h4-6,8H,1-3,7H2,(H,17,18). The van der Waals surface area contributed by atoms with Crippen molar-refractivity contribution in [2.45, 2.75) is 25.8 Å². The van der Waals surface area contributed by atoms with E-state index in [1.807, 2.05) is 0 Å². The Morgan fingerprint density at radius 1 is 1.47 bits per heavy atom. The van der Waals surface area contributed by atoms with Crippen LogP contribution in [0.4, 0.5) is 0 Å². The summed E-state index contributed by atoms with van der Waals surface area (Å²) in [6.07, 6.45) is 6.69. The lowest BCUT2D eigenvalue weighted by Crippen LogP contribution is -2.22. The highest BCUT2D eigenvalue weighted by atomic mass is 35.5. The normalized spacial score (nSPS) is 13.3. The Bertz CT molecular complexity index is 602. The van der Waals surface area contributed by atoms with E-state index in [2.05, 4.69) is 16.4 Å². The molecule has 0 aliphatic heterocycles. The minimum absolute atomic E-state index is 0.174. The van der Waals surface area contributed by atoms with Crippen LogP contribution in [0.15, 0.2) is 24.5 Å². The highest BCUT2D eigenvalue weighted by Crippen LogP contribution is 2.30. The number of carbonyl (C=O) groups is 1. The second-order valence-corrected chi connectivity index (χ2v) is 6.18. The number of amides is 1. The Morgan fingerprint density at radius 2 is 2.37 bits per heavy atom. The molecule has 3 nitrogen and oxygen atoms in total. The van der Waals surface area contributed by atoms with Crippen molar-refractivity contribution in [1.82, 2.24) is 10.3 Å². The maximum Gasteiger partial charge on any atom is 0.254 e. The van der Waals surface area contributed by atoms with E-state index in [1.165, 1.54) is 40.8 Å². The number of nitrogens with zero attached hydrogens (tertiary/aromatic N) is 1. The summed E-state index contributed by atoms with van der Waals surface area (Å²) in [5.41, 5.74) is 1.88. The monoisotopic (exact) mass is 292 g/mol. The summed E-state index contributed by atoms with van der Waals surface area (Å²) in [5, 5.41) is 3.32. The zero-order valence-corrected chi connectivity index (χ0v) is 11.9. The first-order chi connectivity index (χ1) is 9.24. The van der Waals surface area contributed by atoms with Gasteiger partial charge in [-0.2, -0.15) is 0 Å². The predicted octanol–water partition coefficient (Wildman–Crippen LogP) is 3.22. The van der Waals surface area contributed by atoms with Gasteiger partial charge in [-0.05, 0) is 37.0 Å². The number of fused-ring (bicyclic) bond motifs is 1. The van der Waals surface area contributed by atoms with Gasteiger partial charge in [-0.1, -0.05) is 11.6 Å². The number of aryl methyl sites for hydroxylation is 2. The number of pyridine rings is 1. The Morgan fingerprint density at radius 3 is 3.16 bits per heavy atom. The number of rotatable bonds is 3. The van der Waals surface area contributed by atoms with Gasteiger partial charge in [-0.25, -0.2) is 0 Å². The Labute approximate surface area is 120 Å². The fourth-order valence-corrected chi connectivity index (χ4v) is 3.68. The van der Waals surface area contributed by atoms with E-state index in [0.717, 1.165) is 0 Å². The maximum atomic E-state index is 12.0. The lowest BCUT2D eigenvalue weighted by molar-refractivity contribution is 0.0951. The minimum atomic E-state index is -0.174. The van der Waals surface area contributed by atoms with Crippen molar-refractivity contribution in [2.24, 2.45) is 0 Å². The maximum absolute atomic E-state index is 12.0. The number of thiophene rings is 1. The van der Waals surface area contributed by atoms with Crippen LogP contribution in [0.2, 0.25) is 5.02 Å². The van der Waals surface area contributed by atoms with Crippen molar-refractivity contribution < 1.29 is 4.79 Å². The van der Waals surface area contributed by atoms with E-state index >= 15 is 0 Å². The summed E-state index contributed by atoms with van der Waals surface area (Å²) >= 11 is 7.76. The molecule has 2 aromatic rings. The van der Waals surface area contributed by atoms with Crippen LogP contribution in [0.25, 0.3) is 0 Å². The largest absolute Gasteiger partial charge is 0.347 e. The molecule has 1 amide bonds. The zero-order valence-electron chi connectivity index (χ0n) is 10.3. The van der Waals surface area contributed by atoms with E-state index in [-0.39, 0.29) is 5.91 Å². The van der Waals surface area contributed by atoms with Crippen LogP contribution in [-0.2, 0) is 19.4 Å². The highest BCUT2D eigenvalue weighted by Gasteiger charge is 2.15. The van der Waals surface area contributed by atoms with Gasteiger partial charge in [-0.15, -0.1) is 11.3 Å². The second-order valence-electron chi connectivity index (χ2n) is 4.55. The third-order valence-corrected chi connectivity index (χ3v) is 4.80. The van der Waals surface area contributed by atoms with Crippen molar-refractivity contribution in [2.75, 3.05) is 0 Å². The lowest BCUT2D eigenvalue weighted by atomic mass is 10.2. The van der Waals surface area contributed by atoms with Gasteiger partial charge in [0.05, 0.1) is 17.1 Å². The van der Waals surface area contributed by atoms with E-state index in [9.17, 15) is 4.79 Å². The highest BCUT2D eigenvalue weighted by molar-refractivity contribution is 7.12. The van der Waals surface area contributed by atoms with Gasteiger partial charge in [0, 0.05) is 22.1 Å². The molecule has 0 unspecified atom stereocenters. The van der Waals surface area contributed by atoms with E-state index in [4.69, 9.17) is 11.6 Å². The first-order valence-corrected chi connectivity index (χ1v) is 7.41. The Kier molecular flexibility index (Phi) is 3.53. The number of aromatic nitrogens is 1. The summed E-state index contributed by atoms with van der Waals surface area (Å²) in [4.78, 5) is 18.6. The third-order valence-electron chi connectivity index (χ3n) is 3.23. The molecule has 2 heterocycles. The van der Waals surface area contributed by atoms with Gasteiger partial charge in [-0.3, -0.25) is 9.78 Å². The molecule has 19 heavy (non-hydrogen) atoms. The molecule has 0 atom stereocenters. The first kappa shape index (κ1) is 12.6.